The average Bonchev–Trinajstić information content (AvgIpc) is 2.25. The summed E-state index contributed by atoms with van der Waals surface area (Å²) < 4.78 is 0. The Balaban J connectivity index is 2.05. The third-order valence-corrected chi connectivity index (χ3v) is 2.69. The van der Waals surface area contributed by atoms with Gasteiger partial charge in [-0.1, -0.05) is 0 Å². The molecule has 2 aliphatic rings. The molecule has 0 spiro atoms. The first kappa shape index (κ1) is 5.69. The fraction of sp³-hybridized carbons (Fsp3) is 1.00. The molecule has 2 rings (SSSR count). The summed E-state index contributed by atoms with van der Waals surface area (Å²) in [7, 11) is 0. The van der Waals surface area contributed by atoms with Crippen LogP contribution >= 0.6 is 0 Å². The van der Waals surface area contributed by atoms with Crippen LogP contribution in [0.5, 0.6) is 0 Å². The minimum atomic E-state index is 0.517. The molecule has 2 heterocycles. The number of hydrogen-bond acceptors (Lipinski definition) is 2. The van der Waals surface area contributed by atoms with E-state index in [4.69, 9.17) is 5.73 Å². The van der Waals surface area contributed by atoms with Crippen molar-refractivity contribution >= 4 is 0 Å². The van der Waals surface area contributed by atoms with E-state index in [1.807, 2.05) is 0 Å². The maximum atomic E-state index is 5.89. The molecule has 2 fully saturated rings. The van der Waals surface area contributed by atoms with Gasteiger partial charge in [-0.25, -0.2) is 0 Å². The molecule has 0 aromatic heterocycles. The monoisotopic (exact) mass is 126 g/mol. The van der Waals surface area contributed by atoms with E-state index in [2.05, 4.69) is 4.90 Å². The van der Waals surface area contributed by atoms with Crippen molar-refractivity contribution in [2.75, 3.05) is 19.6 Å². The first-order valence-electron chi connectivity index (χ1n) is 3.84. The zero-order valence-electron chi connectivity index (χ0n) is 5.71. The minimum Gasteiger partial charge on any atom is -0.327 e. The second-order valence-electron chi connectivity index (χ2n) is 3.30. The van der Waals surface area contributed by atoms with Crippen molar-refractivity contribution in [2.24, 2.45) is 11.7 Å². The Morgan fingerprint density at radius 3 is 2.78 bits per heavy atom. The van der Waals surface area contributed by atoms with Crippen LogP contribution in [-0.2, 0) is 0 Å². The molecule has 9 heavy (non-hydrogen) atoms. The molecule has 2 heteroatoms. The van der Waals surface area contributed by atoms with Gasteiger partial charge in [0.1, 0.15) is 0 Å². The molecule has 0 aromatic carbocycles. The largest absolute Gasteiger partial charge is 0.327 e. The summed E-state index contributed by atoms with van der Waals surface area (Å²) in [6.07, 6.45) is 2.58. The molecule has 0 radical (unpaired) electrons. The van der Waals surface area contributed by atoms with E-state index in [1.165, 1.54) is 32.5 Å². The highest BCUT2D eigenvalue weighted by molar-refractivity contribution is 4.88. The summed E-state index contributed by atoms with van der Waals surface area (Å²) >= 11 is 0. The third kappa shape index (κ3) is 0.864. The van der Waals surface area contributed by atoms with Crippen molar-refractivity contribution in [2.45, 2.75) is 18.9 Å². The highest BCUT2D eigenvalue weighted by Crippen LogP contribution is 2.25. The fourth-order valence-electron chi connectivity index (χ4n) is 1.98. The van der Waals surface area contributed by atoms with Crippen LogP contribution in [0.15, 0.2) is 0 Å². The number of hydrogen-bond donors (Lipinski definition) is 1. The smallest absolute Gasteiger partial charge is 0.00920 e. The second-order valence-corrected chi connectivity index (χ2v) is 3.30. The molecule has 52 valence electrons. The van der Waals surface area contributed by atoms with Gasteiger partial charge in [-0.3, -0.25) is 0 Å². The van der Waals surface area contributed by atoms with E-state index in [1.54, 1.807) is 0 Å². The summed E-state index contributed by atoms with van der Waals surface area (Å²) in [5.41, 5.74) is 5.89. The molecule has 1 unspecified atom stereocenters. The summed E-state index contributed by atoms with van der Waals surface area (Å²) in [4.78, 5) is 2.52. The normalized spacial score (nSPS) is 49.7. The second kappa shape index (κ2) is 1.96. The van der Waals surface area contributed by atoms with Crippen LogP contribution in [0.2, 0.25) is 0 Å². The topological polar surface area (TPSA) is 29.3 Å². The lowest BCUT2D eigenvalue weighted by molar-refractivity contribution is 0.246. The van der Waals surface area contributed by atoms with E-state index < -0.39 is 0 Å². The molecule has 2 aliphatic heterocycles. The molecule has 0 aliphatic carbocycles. The van der Waals surface area contributed by atoms with Crippen molar-refractivity contribution in [3.8, 4) is 0 Å². The Labute approximate surface area is 56.0 Å². The molecule has 2 nitrogen and oxygen atoms in total. The summed E-state index contributed by atoms with van der Waals surface area (Å²) in [6.45, 7) is 3.83. The summed E-state index contributed by atoms with van der Waals surface area (Å²) in [6, 6.07) is 0.517. The Hall–Kier alpha value is -0.0800. The predicted molar refractivity (Wildman–Crippen MR) is 37.1 cm³/mol. The highest BCUT2D eigenvalue weighted by Gasteiger charge is 2.31. The van der Waals surface area contributed by atoms with Crippen LogP contribution in [0.25, 0.3) is 0 Å². The van der Waals surface area contributed by atoms with E-state index in [9.17, 15) is 0 Å². The van der Waals surface area contributed by atoms with Crippen molar-refractivity contribution < 1.29 is 0 Å². The molecule has 0 saturated carbocycles. The molecule has 0 aromatic rings. The van der Waals surface area contributed by atoms with Gasteiger partial charge in [-0.2, -0.15) is 0 Å². The maximum absolute atomic E-state index is 5.89. The van der Waals surface area contributed by atoms with Gasteiger partial charge in [0, 0.05) is 12.6 Å². The minimum absolute atomic E-state index is 0.517. The molecular weight excluding hydrogens is 112 g/mol. The average molecular weight is 126 g/mol. The molecular formula is C7H14N2. The molecule has 2 saturated heterocycles. The predicted octanol–water partition coefficient (Wildman–Crippen LogP) is 0.0393. The zero-order valence-corrected chi connectivity index (χ0v) is 5.71. The number of nitrogens with zero attached hydrogens (tertiary/aromatic N) is 1. The lowest BCUT2D eigenvalue weighted by Gasteiger charge is -2.27. The van der Waals surface area contributed by atoms with Gasteiger partial charge in [0.2, 0.25) is 0 Å². The van der Waals surface area contributed by atoms with E-state index in [0.717, 1.165) is 5.92 Å². The number of fused-ring (bicyclic) bond motifs is 2. The standard InChI is InChI=1S/C7H14N2/c8-7-2-4-9-3-1-6(7)5-9/h6-7H,1-5,8H2/t6-,7-/m0/s1. The lowest BCUT2D eigenvalue weighted by atomic mass is 9.95. The maximum Gasteiger partial charge on any atom is 0.00920 e. The number of rotatable bonds is 0. The molecule has 2 N–H and O–H groups in total. The number of piperidine rings is 1. The highest BCUT2D eigenvalue weighted by atomic mass is 15.2. The van der Waals surface area contributed by atoms with Gasteiger partial charge in [0.25, 0.3) is 0 Å². The van der Waals surface area contributed by atoms with Crippen molar-refractivity contribution in [1.29, 1.82) is 0 Å². The van der Waals surface area contributed by atoms with Gasteiger partial charge < -0.3 is 10.6 Å². The SMILES string of the molecule is N[C@H]1CCN2CC[C@H]1C2. The van der Waals surface area contributed by atoms with Crippen molar-refractivity contribution in [1.82, 2.24) is 4.90 Å². The molecule has 3 atom stereocenters. The van der Waals surface area contributed by atoms with Crippen molar-refractivity contribution in [3.63, 3.8) is 0 Å². The van der Waals surface area contributed by atoms with Gasteiger partial charge in [-0.05, 0) is 31.8 Å². The lowest BCUT2D eigenvalue weighted by Crippen LogP contribution is -2.40. The fourth-order valence-corrected chi connectivity index (χ4v) is 1.98. The number of nitrogens with two attached hydrogens (primary N) is 1. The third-order valence-electron chi connectivity index (χ3n) is 2.69. The van der Waals surface area contributed by atoms with Crippen LogP contribution in [0.4, 0.5) is 0 Å². The van der Waals surface area contributed by atoms with Gasteiger partial charge >= 0.3 is 0 Å². The Morgan fingerprint density at radius 1 is 1.22 bits per heavy atom. The van der Waals surface area contributed by atoms with Crippen LogP contribution in [-0.4, -0.2) is 30.6 Å². The van der Waals surface area contributed by atoms with Gasteiger partial charge in [0.05, 0.1) is 0 Å². The van der Waals surface area contributed by atoms with Crippen LogP contribution in [0.3, 0.4) is 0 Å². The van der Waals surface area contributed by atoms with Crippen LogP contribution in [0.1, 0.15) is 12.8 Å². The first-order chi connectivity index (χ1) is 4.36. The molecule has 0 amide bonds. The Bertz CT molecular complexity index is 113. The molecule has 2 bridgehead atoms. The zero-order chi connectivity index (χ0) is 6.27. The van der Waals surface area contributed by atoms with Crippen LogP contribution in [0, 0.1) is 5.92 Å². The van der Waals surface area contributed by atoms with Gasteiger partial charge in [0.15, 0.2) is 0 Å². The first-order valence-corrected chi connectivity index (χ1v) is 3.84. The Kier molecular flexibility index (Phi) is 1.24. The summed E-state index contributed by atoms with van der Waals surface area (Å²) in [5, 5.41) is 0. The van der Waals surface area contributed by atoms with Crippen molar-refractivity contribution in [3.05, 3.63) is 0 Å². The van der Waals surface area contributed by atoms with Crippen LogP contribution < -0.4 is 5.73 Å². The summed E-state index contributed by atoms with van der Waals surface area (Å²) in [5.74, 6) is 0.832. The van der Waals surface area contributed by atoms with E-state index >= 15 is 0 Å². The van der Waals surface area contributed by atoms with E-state index in [0.29, 0.717) is 6.04 Å². The van der Waals surface area contributed by atoms with Gasteiger partial charge in [-0.15, -0.1) is 0 Å². The quantitative estimate of drug-likeness (QED) is 0.496. The van der Waals surface area contributed by atoms with E-state index in [-0.39, 0.29) is 0 Å². The Morgan fingerprint density at radius 2 is 2.00 bits per heavy atom.